The number of halogens is 3. The molecule has 1 aromatic heterocycles. The molecular weight excluding hydrogens is 371 g/mol. The Balaban J connectivity index is 1.58. The van der Waals surface area contributed by atoms with Gasteiger partial charge in [-0.25, -0.2) is 0 Å². The Morgan fingerprint density at radius 1 is 1.27 bits per heavy atom. The van der Waals surface area contributed by atoms with Crippen LogP contribution >= 0.6 is 11.9 Å². The number of aliphatic hydroxyl groups is 1. The van der Waals surface area contributed by atoms with Crippen LogP contribution in [0.4, 0.5) is 13.2 Å². The molecule has 1 aliphatic heterocycles. The van der Waals surface area contributed by atoms with Gasteiger partial charge in [0.2, 0.25) is 0 Å². The molecule has 2 heterocycles. The van der Waals surface area contributed by atoms with E-state index in [2.05, 4.69) is 19.9 Å². The summed E-state index contributed by atoms with van der Waals surface area (Å²) in [5, 5.41) is 16.7. The van der Waals surface area contributed by atoms with Crippen LogP contribution in [0.3, 0.4) is 0 Å². The van der Waals surface area contributed by atoms with Crippen LogP contribution in [-0.4, -0.2) is 27.9 Å². The minimum Gasteiger partial charge on any atom is -0.360 e. The second kappa shape index (κ2) is 6.93. The van der Waals surface area contributed by atoms with Gasteiger partial charge in [0.25, 0.3) is 0 Å². The molecule has 6 nitrogen and oxygen atoms in total. The average Bonchev–Trinajstić information content (AvgIpc) is 3.13. The first-order valence-corrected chi connectivity index (χ1v) is 8.47. The van der Waals surface area contributed by atoms with Crippen molar-refractivity contribution in [3.05, 3.63) is 46.8 Å². The molecule has 0 aliphatic carbocycles. The van der Waals surface area contributed by atoms with Crippen molar-refractivity contribution in [2.45, 2.75) is 43.7 Å². The largest absolute Gasteiger partial charge is 0.458 e. The summed E-state index contributed by atoms with van der Waals surface area (Å²) in [5.41, 5.74) is 2.24. The number of hydrogen-bond donors (Lipinski definition) is 2. The molecule has 0 bridgehead atoms. The molecule has 0 saturated heterocycles. The van der Waals surface area contributed by atoms with Gasteiger partial charge in [-0.2, -0.15) is 13.2 Å². The van der Waals surface area contributed by atoms with Gasteiger partial charge in [0.1, 0.15) is 5.76 Å². The van der Waals surface area contributed by atoms with Gasteiger partial charge in [0, 0.05) is 6.54 Å². The monoisotopic (exact) mass is 387 g/mol. The minimum absolute atomic E-state index is 0.0504. The van der Waals surface area contributed by atoms with E-state index in [0.717, 1.165) is 21.9 Å². The van der Waals surface area contributed by atoms with Gasteiger partial charge in [-0.3, -0.25) is 4.72 Å². The van der Waals surface area contributed by atoms with Crippen molar-refractivity contribution in [2.75, 3.05) is 0 Å². The molecule has 0 fully saturated rings. The van der Waals surface area contributed by atoms with Crippen LogP contribution in [0.1, 0.15) is 29.0 Å². The van der Waals surface area contributed by atoms with Crippen LogP contribution in [0.2, 0.25) is 0 Å². The van der Waals surface area contributed by atoms with Crippen LogP contribution in [-0.2, 0) is 11.4 Å². The summed E-state index contributed by atoms with van der Waals surface area (Å²) in [6, 6.07) is 6.82. The van der Waals surface area contributed by atoms with Gasteiger partial charge >= 0.3 is 12.0 Å². The Morgan fingerprint density at radius 3 is 2.50 bits per heavy atom. The third kappa shape index (κ3) is 3.71. The summed E-state index contributed by atoms with van der Waals surface area (Å²) in [4.78, 5) is 5.14. The number of nitrogens with one attached hydrogen (secondary N) is 1. The maximum absolute atomic E-state index is 12.7. The molecule has 1 aromatic carbocycles. The number of rotatable bonds is 5. The molecule has 3 rings (SSSR count). The van der Waals surface area contributed by atoms with Crippen LogP contribution in [0.5, 0.6) is 0 Å². The highest BCUT2D eigenvalue weighted by atomic mass is 32.2. The molecule has 0 spiro atoms. The molecule has 140 valence electrons. The second-order valence-electron chi connectivity index (χ2n) is 5.86. The summed E-state index contributed by atoms with van der Waals surface area (Å²) in [7, 11) is 0. The first kappa shape index (κ1) is 18.7. The normalized spacial score (nSPS) is 20.2. The Morgan fingerprint density at radius 2 is 1.96 bits per heavy atom. The van der Waals surface area contributed by atoms with E-state index in [4.69, 9.17) is 4.52 Å². The zero-order valence-electron chi connectivity index (χ0n) is 13.9. The maximum Gasteiger partial charge on any atom is 0.458 e. The van der Waals surface area contributed by atoms with Gasteiger partial charge in [-0.05, 0) is 36.9 Å². The molecule has 2 N–H and O–H groups in total. The number of aryl methyl sites for hydroxylation is 2. The topological polar surface area (TPSA) is 79.9 Å². The lowest BCUT2D eigenvalue weighted by Crippen LogP contribution is -2.45. The molecule has 26 heavy (non-hydrogen) atoms. The van der Waals surface area contributed by atoms with Crippen molar-refractivity contribution in [1.29, 1.82) is 0 Å². The van der Waals surface area contributed by atoms with Crippen LogP contribution in [0.15, 0.2) is 38.8 Å². The Labute approximate surface area is 151 Å². The lowest BCUT2D eigenvalue weighted by Gasteiger charge is -2.22. The number of nitrogens with zero attached hydrogens (tertiary/aromatic N) is 2. The van der Waals surface area contributed by atoms with E-state index in [1.165, 1.54) is 11.9 Å². The zero-order valence-corrected chi connectivity index (χ0v) is 14.7. The standard InChI is InChI=1S/C16H16F3N3O3S/c1-9-14(10(2)24-21-9)26-20-8-11-3-5-12(6-4-11)13-7-15(23,25-22-13)16(17,18)19/h3-6,20,23H,7-8H2,1-2H3. The van der Waals surface area contributed by atoms with Crippen molar-refractivity contribution in [3.63, 3.8) is 0 Å². The van der Waals surface area contributed by atoms with E-state index in [9.17, 15) is 18.3 Å². The van der Waals surface area contributed by atoms with Crippen molar-refractivity contribution < 1.29 is 27.6 Å². The highest BCUT2D eigenvalue weighted by molar-refractivity contribution is 7.97. The Kier molecular flexibility index (Phi) is 5.00. The van der Waals surface area contributed by atoms with Gasteiger partial charge < -0.3 is 14.5 Å². The summed E-state index contributed by atoms with van der Waals surface area (Å²) >= 11 is 1.40. The van der Waals surface area contributed by atoms with Gasteiger partial charge in [-0.15, -0.1) is 0 Å². The zero-order chi connectivity index (χ0) is 18.9. The molecule has 0 amide bonds. The Hall–Kier alpha value is -2.04. The van der Waals surface area contributed by atoms with Crippen molar-refractivity contribution in [3.8, 4) is 0 Å². The average molecular weight is 387 g/mol. The summed E-state index contributed by atoms with van der Waals surface area (Å²) < 4.78 is 46.5. The van der Waals surface area contributed by atoms with Crippen molar-refractivity contribution in [2.24, 2.45) is 5.16 Å². The van der Waals surface area contributed by atoms with E-state index < -0.39 is 18.4 Å². The number of hydrogen-bond acceptors (Lipinski definition) is 7. The van der Waals surface area contributed by atoms with Crippen LogP contribution in [0.25, 0.3) is 0 Å². The lowest BCUT2D eigenvalue weighted by atomic mass is 10.0. The molecule has 0 radical (unpaired) electrons. The predicted octanol–water partition coefficient (Wildman–Crippen LogP) is 3.46. The third-order valence-corrected chi connectivity index (χ3v) is 4.94. The number of oxime groups is 1. The molecule has 0 saturated carbocycles. The molecule has 1 atom stereocenters. The molecule has 1 unspecified atom stereocenters. The van der Waals surface area contributed by atoms with Gasteiger partial charge in [0.15, 0.2) is 0 Å². The number of aromatic nitrogens is 1. The van der Waals surface area contributed by atoms with E-state index in [1.807, 2.05) is 13.8 Å². The van der Waals surface area contributed by atoms with E-state index in [-0.39, 0.29) is 5.71 Å². The first-order valence-electron chi connectivity index (χ1n) is 7.65. The van der Waals surface area contributed by atoms with Crippen LogP contribution < -0.4 is 4.72 Å². The molecular formula is C16H16F3N3O3S. The fourth-order valence-corrected chi connectivity index (χ4v) is 3.10. The Bertz CT molecular complexity index is 801. The first-order chi connectivity index (χ1) is 12.2. The minimum atomic E-state index is -4.91. The van der Waals surface area contributed by atoms with Crippen molar-refractivity contribution in [1.82, 2.24) is 9.88 Å². The number of alkyl halides is 3. The maximum atomic E-state index is 12.7. The highest BCUT2D eigenvalue weighted by Crippen LogP contribution is 2.38. The van der Waals surface area contributed by atoms with Gasteiger partial charge in [-0.1, -0.05) is 34.6 Å². The molecule has 2 aromatic rings. The fourth-order valence-electron chi connectivity index (χ4n) is 2.36. The van der Waals surface area contributed by atoms with E-state index in [1.54, 1.807) is 24.3 Å². The van der Waals surface area contributed by atoms with E-state index >= 15 is 0 Å². The lowest BCUT2D eigenvalue weighted by molar-refractivity contribution is -0.355. The summed E-state index contributed by atoms with van der Waals surface area (Å²) in [5.74, 6) is -2.53. The second-order valence-corrected chi connectivity index (χ2v) is 6.76. The smallest absolute Gasteiger partial charge is 0.360 e. The summed E-state index contributed by atoms with van der Waals surface area (Å²) in [6.07, 6.45) is -5.65. The third-order valence-electron chi connectivity index (χ3n) is 3.86. The van der Waals surface area contributed by atoms with Crippen molar-refractivity contribution >= 4 is 17.7 Å². The molecule has 1 aliphatic rings. The highest BCUT2D eigenvalue weighted by Gasteiger charge is 2.60. The fraction of sp³-hybridized carbons (Fsp3) is 0.375. The van der Waals surface area contributed by atoms with E-state index in [0.29, 0.717) is 12.1 Å². The summed E-state index contributed by atoms with van der Waals surface area (Å²) in [6.45, 7) is 4.21. The predicted molar refractivity (Wildman–Crippen MR) is 88.4 cm³/mol. The van der Waals surface area contributed by atoms with Crippen LogP contribution in [0, 0.1) is 13.8 Å². The quantitative estimate of drug-likeness (QED) is 0.765. The van der Waals surface area contributed by atoms with Gasteiger partial charge in [0.05, 0.1) is 22.7 Å². The SMILES string of the molecule is Cc1noc(C)c1SNCc1ccc(C2=NOC(O)(C(F)(F)F)C2)cc1. The molecule has 10 heteroatoms. The number of benzene rings is 1.